The fourth-order valence-electron chi connectivity index (χ4n) is 1.81. The van der Waals surface area contributed by atoms with Crippen LogP contribution in [0.1, 0.15) is 25.5 Å². The maximum atomic E-state index is 11.6. The number of nitrogens with one attached hydrogen (secondary N) is 2. The molecule has 0 saturated heterocycles. The molecule has 0 aliphatic carbocycles. The van der Waals surface area contributed by atoms with Crippen LogP contribution < -0.4 is 15.8 Å². The van der Waals surface area contributed by atoms with Gasteiger partial charge >= 0.3 is 0 Å². The minimum atomic E-state index is -0.142. The van der Waals surface area contributed by atoms with Crippen molar-refractivity contribution in [1.82, 2.24) is 9.97 Å². The number of anilines is 3. The fourth-order valence-corrected chi connectivity index (χ4v) is 1.81. The molecule has 2 rings (SSSR count). The van der Waals surface area contributed by atoms with E-state index in [1.807, 2.05) is 57.1 Å². The van der Waals surface area contributed by atoms with Gasteiger partial charge in [-0.3, -0.25) is 9.78 Å². The van der Waals surface area contributed by atoms with Crippen LogP contribution in [0.25, 0.3) is 0 Å². The van der Waals surface area contributed by atoms with E-state index in [1.165, 1.54) is 6.07 Å². The summed E-state index contributed by atoms with van der Waals surface area (Å²) < 4.78 is 0. The number of aromatic nitrogens is 2. The van der Waals surface area contributed by atoms with Crippen LogP contribution >= 0.6 is 0 Å². The minimum Gasteiger partial charge on any atom is -0.378 e. The van der Waals surface area contributed by atoms with Crippen molar-refractivity contribution in [1.29, 1.82) is 0 Å². The molecule has 1 aromatic carbocycles. The SMILES string of the molecule is CC(C)c1cc(=O)[nH]c(Nc2ccc(N(C)C)cc2)n1. The number of aromatic amines is 1. The van der Waals surface area contributed by atoms with Crippen molar-refractivity contribution in [2.24, 2.45) is 0 Å². The highest BCUT2D eigenvalue weighted by Crippen LogP contribution is 2.18. The van der Waals surface area contributed by atoms with Crippen molar-refractivity contribution in [2.45, 2.75) is 19.8 Å². The van der Waals surface area contributed by atoms with E-state index < -0.39 is 0 Å². The van der Waals surface area contributed by atoms with Gasteiger partial charge in [-0.1, -0.05) is 13.8 Å². The van der Waals surface area contributed by atoms with Gasteiger partial charge in [0, 0.05) is 31.5 Å². The first-order valence-corrected chi connectivity index (χ1v) is 6.61. The number of H-pyrrole nitrogens is 1. The van der Waals surface area contributed by atoms with E-state index in [0.717, 1.165) is 17.1 Å². The summed E-state index contributed by atoms with van der Waals surface area (Å²) in [7, 11) is 3.99. The second-order valence-electron chi connectivity index (χ2n) is 5.24. The Hall–Kier alpha value is -2.30. The van der Waals surface area contributed by atoms with Crippen LogP contribution in [0.2, 0.25) is 0 Å². The van der Waals surface area contributed by atoms with Gasteiger partial charge in [0.15, 0.2) is 0 Å². The van der Waals surface area contributed by atoms with Crippen LogP contribution in [0.5, 0.6) is 0 Å². The highest BCUT2D eigenvalue weighted by molar-refractivity contribution is 5.58. The van der Waals surface area contributed by atoms with E-state index in [-0.39, 0.29) is 11.5 Å². The maximum Gasteiger partial charge on any atom is 0.252 e. The van der Waals surface area contributed by atoms with Crippen molar-refractivity contribution < 1.29 is 0 Å². The quantitative estimate of drug-likeness (QED) is 0.898. The van der Waals surface area contributed by atoms with Crippen LogP contribution in [0.3, 0.4) is 0 Å². The predicted molar refractivity (Wildman–Crippen MR) is 83.0 cm³/mol. The smallest absolute Gasteiger partial charge is 0.252 e. The zero-order chi connectivity index (χ0) is 14.7. The standard InChI is InChI=1S/C15H20N4O/c1-10(2)13-9-14(20)18-15(17-13)16-11-5-7-12(8-6-11)19(3)4/h5-10H,1-4H3,(H2,16,17,18,20). The molecule has 0 fully saturated rings. The maximum absolute atomic E-state index is 11.6. The third kappa shape index (κ3) is 3.38. The monoisotopic (exact) mass is 272 g/mol. The summed E-state index contributed by atoms with van der Waals surface area (Å²) in [4.78, 5) is 20.7. The largest absolute Gasteiger partial charge is 0.378 e. The number of benzene rings is 1. The summed E-state index contributed by atoms with van der Waals surface area (Å²) in [6.45, 7) is 4.02. The van der Waals surface area contributed by atoms with Crippen molar-refractivity contribution in [3.05, 3.63) is 46.4 Å². The number of hydrogen-bond donors (Lipinski definition) is 2. The molecular formula is C15H20N4O. The summed E-state index contributed by atoms with van der Waals surface area (Å²) in [5.41, 5.74) is 2.64. The van der Waals surface area contributed by atoms with E-state index in [1.54, 1.807) is 0 Å². The van der Waals surface area contributed by atoms with Gasteiger partial charge in [0.25, 0.3) is 5.56 Å². The Labute approximate surface area is 118 Å². The molecular weight excluding hydrogens is 252 g/mol. The first-order chi connectivity index (χ1) is 9.45. The summed E-state index contributed by atoms with van der Waals surface area (Å²) in [5.74, 6) is 0.688. The molecule has 0 unspecified atom stereocenters. The van der Waals surface area contributed by atoms with Gasteiger partial charge in [0.2, 0.25) is 5.95 Å². The molecule has 2 N–H and O–H groups in total. The van der Waals surface area contributed by atoms with Crippen LogP contribution in [0.4, 0.5) is 17.3 Å². The second-order valence-corrected chi connectivity index (χ2v) is 5.24. The first-order valence-electron chi connectivity index (χ1n) is 6.61. The molecule has 0 spiro atoms. The molecule has 0 amide bonds. The van der Waals surface area contributed by atoms with Crippen LogP contribution in [-0.4, -0.2) is 24.1 Å². The van der Waals surface area contributed by atoms with E-state index in [4.69, 9.17) is 0 Å². The number of nitrogens with zero attached hydrogens (tertiary/aromatic N) is 2. The Morgan fingerprint density at radius 2 is 1.85 bits per heavy atom. The zero-order valence-corrected chi connectivity index (χ0v) is 12.3. The van der Waals surface area contributed by atoms with Gasteiger partial charge in [-0.2, -0.15) is 0 Å². The molecule has 0 atom stereocenters. The van der Waals surface area contributed by atoms with Gasteiger partial charge in [-0.05, 0) is 30.2 Å². The van der Waals surface area contributed by atoms with Crippen molar-refractivity contribution in [3.8, 4) is 0 Å². The van der Waals surface area contributed by atoms with E-state index in [9.17, 15) is 4.79 Å². The lowest BCUT2D eigenvalue weighted by molar-refractivity contribution is 0.812. The minimum absolute atomic E-state index is 0.142. The predicted octanol–water partition coefficient (Wildman–Crippen LogP) is 2.70. The van der Waals surface area contributed by atoms with Gasteiger partial charge in [-0.25, -0.2) is 4.98 Å². The van der Waals surface area contributed by atoms with Crippen LogP contribution in [0.15, 0.2) is 35.1 Å². The molecule has 0 saturated carbocycles. The Morgan fingerprint density at radius 1 is 1.20 bits per heavy atom. The van der Waals surface area contributed by atoms with Gasteiger partial charge < -0.3 is 10.2 Å². The summed E-state index contributed by atoms with van der Waals surface area (Å²) in [6.07, 6.45) is 0. The topological polar surface area (TPSA) is 61.0 Å². The Morgan fingerprint density at radius 3 is 2.40 bits per heavy atom. The Bertz CT molecular complexity index is 629. The summed E-state index contributed by atoms with van der Waals surface area (Å²) in [6, 6.07) is 9.46. The van der Waals surface area contributed by atoms with Crippen LogP contribution in [0, 0.1) is 0 Å². The van der Waals surface area contributed by atoms with Gasteiger partial charge in [0.1, 0.15) is 0 Å². The molecule has 0 radical (unpaired) electrons. The van der Waals surface area contributed by atoms with E-state index >= 15 is 0 Å². The highest BCUT2D eigenvalue weighted by atomic mass is 16.1. The average Bonchev–Trinajstić information content (AvgIpc) is 2.38. The average molecular weight is 272 g/mol. The van der Waals surface area contributed by atoms with Gasteiger partial charge in [-0.15, -0.1) is 0 Å². The van der Waals surface area contributed by atoms with Crippen molar-refractivity contribution in [3.63, 3.8) is 0 Å². The Kier molecular flexibility index (Phi) is 4.08. The number of rotatable bonds is 4. The highest BCUT2D eigenvalue weighted by Gasteiger charge is 2.05. The molecule has 0 aliphatic heterocycles. The zero-order valence-electron chi connectivity index (χ0n) is 12.3. The molecule has 0 aliphatic rings. The van der Waals surface area contributed by atoms with Crippen LogP contribution in [-0.2, 0) is 0 Å². The molecule has 106 valence electrons. The van der Waals surface area contributed by atoms with E-state index in [2.05, 4.69) is 15.3 Å². The lowest BCUT2D eigenvalue weighted by Crippen LogP contribution is -2.13. The third-order valence-corrected chi connectivity index (χ3v) is 3.00. The molecule has 2 aromatic rings. The lowest BCUT2D eigenvalue weighted by atomic mass is 10.1. The number of hydrogen-bond acceptors (Lipinski definition) is 4. The fraction of sp³-hybridized carbons (Fsp3) is 0.333. The normalized spacial score (nSPS) is 10.7. The Balaban J connectivity index is 2.23. The summed E-state index contributed by atoms with van der Waals surface area (Å²) >= 11 is 0. The third-order valence-electron chi connectivity index (χ3n) is 3.00. The molecule has 5 nitrogen and oxygen atoms in total. The van der Waals surface area contributed by atoms with Crippen molar-refractivity contribution >= 4 is 17.3 Å². The summed E-state index contributed by atoms with van der Waals surface area (Å²) in [5, 5.41) is 3.12. The molecule has 20 heavy (non-hydrogen) atoms. The molecule has 0 bridgehead atoms. The molecule has 1 heterocycles. The first kappa shape index (κ1) is 14.1. The lowest BCUT2D eigenvalue weighted by Gasteiger charge is -2.13. The van der Waals surface area contributed by atoms with Crippen molar-refractivity contribution in [2.75, 3.05) is 24.3 Å². The molecule has 5 heteroatoms. The molecule has 1 aromatic heterocycles. The second kappa shape index (κ2) is 5.77. The van der Waals surface area contributed by atoms with E-state index in [0.29, 0.717) is 5.95 Å². The van der Waals surface area contributed by atoms with Gasteiger partial charge in [0.05, 0.1) is 5.69 Å².